The van der Waals surface area contributed by atoms with Gasteiger partial charge in [-0.15, -0.1) is 0 Å². The van der Waals surface area contributed by atoms with Crippen LogP contribution in [0.25, 0.3) is 0 Å². The Morgan fingerprint density at radius 1 is 1.58 bits per heavy atom. The summed E-state index contributed by atoms with van der Waals surface area (Å²) in [6, 6.07) is 4.32. The van der Waals surface area contributed by atoms with Crippen LogP contribution in [0.2, 0.25) is 0 Å². The predicted molar refractivity (Wildman–Crippen MR) is 48.1 cm³/mol. The molecule has 1 aromatic carbocycles. The zero-order valence-electron chi connectivity index (χ0n) is 6.30. The van der Waals surface area contributed by atoms with Crippen molar-refractivity contribution in [3.63, 3.8) is 0 Å². The van der Waals surface area contributed by atoms with Gasteiger partial charge in [-0.25, -0.2) is 4.39 Å². The fourth-order valence-electron chi connectivity index (χ4n) is 0.856. The number of benzene rings is 1. The maximum Gasteiger partial charge on any atom is 0.137 e. The van der Waals surface area contributed by atoms with E-state index in [9.17, 15) is 9.50 Å². The Hall–Kier alpha value is -0.450. The third-order valence-electron chi connectivity index (χ3n) is 1.55. The van der Waals surface area contributed by atoms with Crippen molar-refractivity contribution in [3.8, 4) is 0 Å². The van der Waals surface area contributed by atoms with Crippen LogP contribution in [0.4, 0.5) is 4.39 Å². The molecule has 3 N–H and O–H groups in total. The summed E-state index contributed by atoms with van der Waals surface area (Å²) < 4.78 is 13.0. The summed E-state index contributed by atoms with van der Waals surface area (Å²) >= 11 is 3.02. The molecule has 0 fully saturated rings. The molecule has 2 nitrogen and oxygen atoms in total. The van der Waals surface area contributed by atoms with Crippen molar-refractivity contribution in [1.29, 1.82) is 0 Å². The molecule has 0 aromatic heterocycles. The van der Waals surface area contributed by atoms with Gasteiger partial charge in [0, 0.05) is 6.54 Å². The molecule has 0 aliphatic carbocycles. The Labute approximate surface area is 78.3 Å². The zero-order valence-corrected chi connectivity index (χ0v) is 7.88. The fourth-order valence-corrected chi connectivity index (χ4v) is 1.25. The molecule has 0 aliphatic heterocycles. The minimum atomic E-state index is -0.720. The molecule has 1 aromatic rings. The van der Waals surface area contributed by atoms with Gasteiger partial charge in [-0.1, -0.05) is 6.07 Å². The lowest BCUT2D eigenvalue weighted by atomic mass is 10.1. The Bertz CT molecular complexity index is 280. The number of hydrogen-bond acceptors (Lipinski definition) is 2. The van der Waals surface area contributed by atoms with Crippen LogP contribution in [0.5, 0.6) is 0 Å². The second-order valence-electron chi connectivity index (χ2n) is 2.43. The number of aliphatic hydroxyl groups is 1. The van der Waals surface area contributed by atoms with Gasteiger partial charge >= 0.3 is 0 Å². The van der Waals surface area contributed by atoms with Gasteiger partial charge in [-0.2, -0.15) is 0 Å². The number of aliphatic hydroxyl groups excluding tert-OH is 1. The van der Waals surface area contributed by atoms with Crippen LogP contribution in [0.1, 0.15) is 11.7 Å². The first kappa shape index (κ1) is 9.64. The quantitative estimate of drug-likeness (QED) is 0.815. The van der Waals surface area contributed by atoms with Crippen molar-refractivity contribution in [3.05, 3.63) is 34.1 Å². The van der Waals surface area contributed by atoms with Gasteiger partial charge < -0.3 is 10.8 Å². The third-order valence-corrected chi connectivity index (χ3v) is 2.16. The fraction of sp³-hybridized carbons (Fsp3) is 0.250. The van der Waals surface area contributed by atoms with Crippen molar-refractivity contribution in [2.24, 2.45) is 5.73 Å². The molecule has 66 valence electrons. The van der Waals surface area contributed by atoms with Gasteiger partial charge in [0.2, 0.25) is 0 Å². The van der Waals surface area contributed by atoms with Crippen LogP contribution in [0.3, 0.4) is 0 Å². The van der Waals surface area contributed by atoms with Gasteiger partial charge in [-0.3, -0.25) is 0 Å². The molecule has 4 heteroatoms. The topological polar surface area (TPSA) is 46.2 Å². The first-order chi connectivity index (χ1) is 5.65. The van der Waals surface area contributed by atoms with Crippen LogP contribution in [-0.4, -0.2) is 11.7 Å². The molecule has 0 heterocycles. The van der Waals surface area contributed by atoms with E-state index in [-0.39, 0.29) is 12.4 Å². The average Bonchev–Trinajstić information content (AvgIpc) is 2.08. The smallest absolute Gasteiger partial charge is 0.137 e. The number of hydrogen-bond donors (Lipinski definition) is 2. The first-order valence-electron chi connectivity index (χ1n) is 3.48. The van der Waals surface area contributed by atoms with E-state index in [0.717, 1.165) is 0 Å². The Balaban J connectivity index is 2.96. The SMILES string of the molecule is NC[C@H](O)c1ccc(F)c(Br)c1. The van der Waals surface area contributed by atoms with E-state index in [1.165, 1.54) is 18.2 Å². The molecular weight excluding hydrogens is 225 g/mol. The van der Waals surface area contributed by atoms with Crippen molar-refractivity contribution >= 4 is 15.9 Å². The lowest BCUT2D eigenvalue weighted by Gasteiger charge is -2.07. The molecule has 0 bridgehead atoms. The van der Waals surface area contributed by atoms with Crippen LogP contribution in [0, 0.1) is 5.82 Å². The van der Waals surface area contributed by atoms with Crippen molar-refractivity contribution in [2.75, 3.05) is 6.54 Å². The molecule has 0 saturated heterocycles. The minimum Gasteiger partial charge on any atom is -0.387 e. The lowest BCUT2D eigenvalue weighted by Crippen LogP contribution is -2.11. The van der Waals surface area contributed by atoms with Gasteiger partial charge in [-0.05, 0) is 33.6 Å². The highest BCUT2D eigenvalue weighted by atomic mass is 79.9. The van der Waals surface area contributed by atoms with Crippen LogP contribution in [-0.2, 0) is 0 Å². The summed E-state index contributed by atoms with van der Waals surface area (Å²) in [6.07, 6.45) is -0.720. The monoisotopic (exact) mass is 233 g/mol. The summed E-state index contributed by atoms with van der Waals surface area (Å²) in [7, 11) is 0. The molecule has 0 amide bonds. The van der Waals surface area contributed by atoms with Crippen molar-refractivity contribution in [1.82, 2.24) is 0 Å². The van der Waals surface area contributed by atoms with E-state index in [4.69, 9.17) is 5.73 Å². The average molecular weight is 234 g/mol. The van der Waals surface area contributed by atoms with Gasteiger partial charge in [0.1, 0.15) is 5.82 Å². The van der Waals surface area contributed by atoms with E-state index < -0.39 is 6.10 Å². The maximum atomic E-state index is 12.7. The lowest BCUT2D eigenvalue weighted by molar-refractivity contribution is 0.186. The van der Waals surface area contributed by atoms with E-state index in [0.29, 0.717) is 10.0 Å². The first-order valence-corrected chi connectivity index (χ1v) is 4.27. The van der Waals surface area contributed by atoms with Crippen LogP contribution in [0.15, 0.2) is 22.7 Å². The number of nitrogens with two attached hydrogens (primary N) is 1. The molecule has 0 unspecified atom stereocenters. The molecular formula is C8H9BrFNO. The highest BCUT2D eigenvalue weighted by molar-refractivity contribution is 9.10. The molecule has 0 saturated carbocycles. The summed E-state index contributed by atoms with van der Waals surface area (Å²) in [5, 5.41) is 9.28. The summed E-state index contributed by atoms with van der Waals surface area (Å²) in [5.41, 5.74) is 5.85. The summed E-state index contributed by atoms with van der Waals surface area (Å²) in [4.78, 5) is 0. The highest BCUT2D eigenvalue weighted by Crippen LogP contribution is 2.20. The molecule has 12 heavy (non-hydrogen) atoms. The van der Waals surface area contributed by atoms with E-state index in [1.54, 1.807) is 0 Å². The van der Waals surface area contributed by atoms with Gasteiger partial charge in [0.15, 0.2) is 0 Å². The maximum absolute atomic E-state index is 12.7. The van der Waals surface area contributed by atoms with Crippen molar-refractivity contribution < 1.29 is 9.50 Å². The second-order valence-corrected chi connectivity index (χ2v) is 3.28. The van der Waals surface area contributed by atoms with Crippen LogP contribution >= 0.6 is 15.9 Å². The van der Waals surface area contributed by atoms with Crippen LogP contribution < -0.4 is 5.73 Å². The van der Waals surface area contributed by atoms with Gasteiger partial charge in [0.25, 0.3) is 0 Å². The normalized spacial score (nSPS) is 13.0. The third kappa shape index (κ3) is 2.03. The Kier molecular flexibility index (Phi) is 3.20. The summed E-state index contributed by atoms with van der Waals surface area (Å²) in [6.45, 7) is 0.137. The zero-order chi connectivity index (χ0) is 9.14. The van der Waals surface area contributed by atoms with E-state index in [1.807, 2.05) is 0 Å². The molecule has 0 radical (unpaired) electrons. The van der Waals surface area contributed by atoms with E-state index >= 15 is 0 Å². The van der Waals surface area contributed by atoms with Gasteiger partial charge in [0.05, 0.1) is 10.6 Å². The summed E-state index contributed by atoms with van der Waals surface area (Å²) in [5.74, 6) is -0.344. The van der Waals surface area contributed by atoms with Crippen molar-refractivity contribution in [2.45, 2.75) is 6.10 Å². The standard InChI is InChI=1S/C8H9BrFNO/c9-6-3-5(8(12)4-11)1-2-7(6)10/h1-3,8,12H,4,11H2/t8-/m0/s1. The Morgan fingerprint density at radius 2 is 2.25 bits per heavy atom. The van der Waals surface area contributed by atoms with E-state index in [2.05, 4.69) is 15.9 Å². The second kappa shape index (κ2) is 3.98. The number of rotatable bonds is 2. The number of halogens is 2. The highest BCUT2D eigenvalue weighted by Gasteiger charge is 2.06. The molecule has 0 spiro atoms. The minimum absolute atomic E-state index is 0.137. The molecule has 1 rings (SSSR count). The molecule has 0 aliphatic rings. The largest absolute Gasteiger partial charge is 0.387 e. The Morgan fingerprint density at radius 3 is 2.75 bits per heavy atom. The molecule has 1 atom stereocenters. The predicted octanol–water partition coefficient (Wildman–Crippen LogP) is 1.58.